The number of likely N-dealkylation sites (tertiary alicyclic amines) is 1. The molecule has 0 radical (unpaired) electrons. The molecule has 0 spiro atoms. The molecule has 0 aromatic heterocycles. The quantitative estimate of drug-likeness (QED) is 0.413. The molecule has 0 bridgehead atoms. The minimum Gasteiger partial charge on any atom is -0.507 e. The largest absolute Gasteiger partial charge is 0.507 e. The number of carbonyl (C=O) groups excluding carboxylic acids is 2. The van der Waals surface area contributed by atoms with E-state index >= 15 is 0 Å². The Bertz CT molecular complexity index is 1010. The third-order valence-electron chi connectivity index (χ3n) is 5.09. The van der Waals surface area contributed by atoms with Gasteiger partial charge in [-0.2, -0.15) is 0 Å². The van der Waals surface area contributed by atoms with Crippen molar-refractivity contribution in [1.82, 2.24) is 4.90 Å². The molecule has 2 N–H and O–H groups in total. The van der Waals surface area contributed by atoms with E-state index in [1.165, 1.54) is 12.0 Å². The predicted molar refractivity (Wildman–Crippen MR) is 110 cm³/mol. The lowest BCUT2D eigenvalue weighted by molar-refractivity contribution is -0.140. The van der Waals surface area contributed by atoms with Crippen molar-refractivity contribution in [2.45, 2.75) is 25.8 Å². The number of aliphatic carboxylic acids is 1. The highest BCUT2D eigenvalue weighted by atomic mass is 16.5. The number of hydrogen-bond acceptors (Lipinski definition) is 5. The Labute approximate surface area is 174 Å². The van der Waals surface area contributed by atoms with Crippen LogP contribution in [0.4, 0.5) is 0 Å². The lowest BCUT2D eigenvalue weighted by atomic mass is 9.94. The van der Waals surface area contributed by atoms with Crippen LogP contribution in [0.25, 0.3) is 5.76 Å². The second kappa shape index (κ2) is 8.82. The molecule has 7 heteroatoms. The summed E-state index contributed by atoms with van der Waals surface area (Å²) in [6.07, 6.45) is 0.0399. The van der Waals surface area contributed by atoms with Gasteiger partial charge in [0.2, 0.25) is 0 Å². The Hall–Kier alpha value is -3.61. The number of ether oxygens (including phenoxy) is 1. The van der Waals surface area contributed by atoms with Crippen LogP contribution < -0.4 is 4.74 Å². The van der Waals surface area contributed by atoms with Crippen molar-refractivity contribution >= 4 is 23.4 Å². The summed E-state index contributed by atoms with van der Waals surface area (Å²) < 4.78 is 5.42. The molecular formula is C23H23NO6. The van der Waals surface area contributed by atoms with Gasteiger partial charge in [-0.3, -0.25) is 14.4 Å². The molecule has 0 saturated carbocycles. The molecule has 1 amide bonds. The van der Waals surface area contributed by atoms with Crippen LogP contribution in [0.1, 0.15) is 35.6 Å². The zero-order chi connectivity index (χ0) is 21.8. The molecule has 7 nitrogen and oxygen atoms in total. The maximum atomic E-state index is 12.9. The van der Waals surface area contributed by atoms with E-state index in [1.54, 1.807) is 48.5 Å². The van der Waals surface area contributed by atoms with E-state index in [0.717, 1.165) is 5.56 Å². The molecule has 0 aliphatic carbocycles. The number of nitrogens with zero attached hydrogens (tertiary/aromatic N) is 1. The lowest BCUT2D eigenvalue weighted by Crippen LogP contribution is -2.31. The Balaban J connectivity index is 2.14. The highest BCUT2D eigenvalue weighted by Crippen LogP contribution is 2.42. The molecule has 1 unspecified atom stereocenters. The third kappa shape index (κ3) is 4.05. The van der Waals surface area contributed by atoms with Crippen molar-refractivity contribution in [2.24, 2.45) is 0 Å². The van der Waals surface area contributed by atoms with E-state index in [2.05, 4.69) is 0 Å². The first-order valence-electron chi connectivity index (χ1n) is 9.55. The summed E-state index contributed by atoms with van der Waals surface area (Å²) in [6.45, 7) is 1.96. The SMILES string of the molecule is COc1ccccc1C1C(=C(O)c2ccc(C)cc2)C(=O)C(=O)N1CCCC(=O)O. The molecule has 1 heterocycles. The maximum absolute atomic E-state index is 12.9. The zero-order valence-electron chi connectivity index (χ0n) is 16.8. The van der Waals surface area contributed by atoms with Crippen molar-refractivity contribution in [2.75, 3.05) is 13.7 Å². The summed E-state index contributed by atoms with van der Waals surface area (Å²) in [5, 5.41) is 19.9. The average Bonchev–Trinajstić information content (AvgIpc) is 2.98. The molecule has 30 heavy (non-hydrogen) atoms. The highest BCUT2D eigenvalue weighted by molar-refractivity contribution is 6.46. The van der Waals surface area contributed by atoms with Gasteiger partial charge in [-0.05, 0) is 19.4 Å². The number of rotatable bonds is 7. The van der Waals surface area contributed by atoms with Crippen molar-refractivity contribution in [3.05, 3.63) is 70.8 Å². The fraction of sp³-hybridized carbons (Fsp3) is 0.261. The molecule has 2 aromatic rings. The number of carbonyl (C=O) groups is 3. The number of aliphatic hydroxyl groups excluding tert-OH is 1. The van der Waals surface area contributed by atoms with Gasteiger partial charge in [-0.15, -0.1) is 0 Å². The third-order valence-corrected chi connectivity index (χ3v) is 5.09. The molecule has 3 rings (SSSR count). The minimum atomic E-state index is -0.986. The van der Waals surface area contributed by atoms with Gasteiger partial charge in [0.05, 0.1) is 18.7 Å². The fourth-order valence-corrected chi connectivity index (χ4v) is 3.59. The number of Topliss-reactive ketones (excluding diaryl/α,β-unsaturated/α-hetero) is 1. The number of aliphatic hydroxyl groups is 1. The molecule has 1 aliphatic rings. The molecule has 1 fully saturated rings. The Kier molecular flexibility index (Phi) is 6.20. The van der Waals surface area contributed by atoms with Crippen molar-refractivity contribution in [3.8, 4) is 5.75 Å². The summed E-state index contributed by atoms with van der Waals surface area (Å²) >= 11 is 0. The molecule has 1 saturated heterocycles. The number of methoxy groups -OCH3 is 1. The molecule has 2 aromatic carbocycles. The van der Waals surface area contributed by atoms with E-state index in [1.807, 2.05) is 6.92 Å². The van der Waals surface area contributed by atoms with E-state index in [0.29, 0.717) is 16.9 Å². The number of aryl methyl sites for hydroxylation is 1. The summed E-state index contributed by atoms with van der Waals surface area (Å²) in [5.74, 6) is -2.38. The van der Waals surface area contributed by atoms with Gasteiger partial charge >= 0.3 is 5.97 Å². The van der Waals surface area contributed by atoms with Crippen LogP contribution in [0, 0.1) is 6.92 Å². The number of hydrogen-bond donors (Lipinski definition) is 2. The first-order valence-corrected chi connectivity index (χ1v) is 9.55. The molecular weight excluding hydrogens is 386 g/mol. The van der Waals surface area contributed by atoms with E-state index in [9.17, 15) is 19.5 Å². The fourth-order valence-electron chi connectivity index (χ4n) is 3.59. The summed E-state index contributed by atoms with van der Waals surface area (Å²) in [6, 6.07) is 13.0. The molecule has 1 atom stereocenters. The number of carboxylic acid groups (broad SMARTS) is 1. The van der Waals surface area contributed by atoms with Crippen molar-refractivity contribution < 1.29 is 29.3 Å². The van der Waals surface area contributed by atoms with E-state index in [-0.39, 0.29) is 30.7 Å². The Morgan fingerprint density at radius 2 is 1.73 bits per heavy atom. The first kappa shape index (κ1) is 21.1. The average molecular weight is 409 g/mol. The smallest absolute Gasteiger partial charge is 0.303 e. The molecule has 1 aliphatic heterocycles. The normalized spacial score (nSPS) is 17.9. The van der Waals surface area contributed by atoms with Crippen LogP contribution in [0.3, 0.4) is 0 Å². The number of ketones is 1. The number of amides is 1. The van der Waals surface area contributed by atoms with Crippen LogP contribution in [0.5, 0.6) is 5.75 Å². The summed E-state index contributed by atoms with van der Waals surface area (Å²) in [7, 11) is 1.48. The number of benzene rings is 2. The van der Waals surface area contributed by atoms with E-state index in [4.69, 9.17) is 9.84 Å². The zero-order valence-corrected chi connectivity index (χ0v) is 16.8. The number of para-hydroxylation sites is 1. The number of carboxylic acids is 1. The van der Waals surface area contributed by atoms with Gasteiger partial charge in [-0.1, -0.05) is 48.0 Å². The first-order chi connectivity index (χ1) is 14.3. The molecule has 156 valence electrons. The van der Waals surface area contributed by atoms with Crippen LogP contribution in [0.2, 0.25) is 0 Å². The van der Waals surface area contributed by atoms with E-state index < -0.39 is 23.7 Å². The van der Waals surface area contributed by atoms with Gasteiger partial charge in [0.1, 0.15) is 11.5 Å². The second-order valence-electron chi connectivity index (χ2n) is 7.10. The van der Waals surface area contributed by atoms with Crippen LogP contribution in [-0.4, -0.2) is 46.4 Å². The Morgan fingerprint density at radius 1 is 1.07 bits per heavy atom. The second-order valence-corrected chi connectivity index (χ2v) is 7.10. The van der Waals surface area contributed by atoms with Crippen molar-refractivity contribution in [3.63, 3.8) is 0 Å². The van der Waals surface area contributed by atoms with Crippen LogP contribution in [0.15, 0.2) is 54.1 Å². The lowest BCUT2D eigenvalue weighted by Gasteiger charge is -2.26. The standard InChI is InChI=1S/C23H23NO6/c1-14-9-11-15(12-10-14)21(27)19-20(16-6-3-4-7-17(16)30-2)24(23(29)22(19)28)13-5-8-18(25)26/h3-4,6-7,9-12,20,27H,5,8,13H2,1-2H3,(H,25,26). The van der Waals surface area contributed by atoms with Gasteiger partial charge in [0.15, 0.2) is 0 Å². The Morgan fingerprint density at radius 3 is 2.37 bits per heavy atom. The monoisotopic (exact) mass is 409 g/mol. The highest BCUT2D eigenvalue weighted by Gasteiger charge is 2.46. The van der Waals surface area contributed by atoms with Gasteiger partial charge in [0, 0.05) is 24.1 Å². The van der Waals surface area contributed by atoms with Crippen LogP contribution in [-0.2, 0) is 14.4 Å². The summed E-state index contributed by atoms with van der Waals surface area (Å²) in [5.41, 5.74) is 1.91. The predicted octanol–water partition coefficient (Wildman–Crippen LogP) is 3.29. The minimum absolute atomic E-state index is 0.0383. The van der Waals surface area contributed by atoms with Gasteiger partial charge in [0.25, 0.3) is 11.7 Å². The van der Waals surface area contributed by atoms with Gasteiger partial charge < -0.3 is 19.8 Å². The summed E-state index contributed by atoms with van der Waals surface area (Å²) in [4.78, 5) is 37.9. The topological polar surface area (TPSA) is 104 Å². The maximum Gasteiger partial charge on any atom is 0.303 e. The van der Waals surface area contributed by atoms with Gasteiger partial charge in [-0.25, -0.2) is 0 Å². The van der Waals surface area contributed by atoms with Crippen molar-refractivity contribution in [1.29, 1.82) is 0 Å². The van der Waals surface area contributed by atoms with Crippen LogP contribution >= 0.6 is 0 Å².